The summed E-state index contributed by atoms with van der Waals surface area (Å²) in [6.45, 7) is -1.24. The second kappa shape index (κ2) is 9.41. The smallest absolute Gasteiger partial charge is 0.366 e. The molecule has 1 aliphatic rings. The summed E-state index contributed by atoms with van der Waals surface area (Å²) in [6.07, 6.45) is -8.27. The summed E-state index contributed by atoms with van der Waals surface area (Å²) in [7, 11) is 0. The van der Waals surface area contributed by atoms with Crippen molar-refractivity contribution in [2.75, 3.05) is 0 Å². The van der Waals surface area contributed by atoms with Gasteiger partial charge in [0.1, 0.15) is 18.2 Å². The van der Waals surface area contributed by atoms with E-state index in [1.54, 1.807) is 0 Å². The summed E-state index contributed by atoms with van der Waals surface area (Å²) >= 11 is 6.15. The zero-order valence-electron chi connectivity index (χ0n) is 19.9. The highest BCUT2D eigenvalue weighted by Gasteiger charge is 2.49. The molecule has 1 unspecified atom stereocenters. The predicted octanol–water partition coefficient (Wildman–Crippen LogP) is 5.09. The van der Waals surface area contributed by atoms with Gasteiger partial charge in [0, 0.05) is 21.7 Å². The van der Waals surface area contributed by atoms with Crippen LogP contribution in [0.1, 0.15) is 37.4 Å². The lowest BCUT2D eigenvalue weighted by Gasteiger charge is -2.28. The van der Waals surface area contributed by atoms with Crippen molar-refractivity contribution >= 4 is 34.3 Å². The summed E-state index contributed by atoms with van der Waals surface area (Å²) < 4.78 is 112. The Labute approximate surface area is 228 Å². The molecule has 0 spiro atoms. The molecule has 41 heavy (non-hydrogen) atoms. The van der Waals surface area contributed by atoms with Crippen molar-refractivity contribution in [1.82, 2.24) is 15.1 Å². The third kappa shape index (κ3) is 4.44. The first-order valence-electron chi connectivity index (χ1n) is 11.3. The van der Waals surface area contributed by atoms with E-state index in [1.165, 1.54) is 0 Å². The van der Waals surface area contributed by atoms with Crippen LogP contribution in [0.3, 0.4) is 0 Å². The summed E-state index contributed by atoms with van der Waals surface area (Å²) in [4.78, 5) is 25.5. The molecular weight excluding hydrogens is 592 g/mol. The lowest BCUT2D eigenvalue weighted by atomic mass is 9.84. The molecule has 0 radical (unpaired) electrons. The molecule has 1 aromatic heterocycles. The molecule has 2 heterocycles. The number of halogens is 9. The Hall–Kier alpha value is -4.24. The molecule has 0 saturated heterocycles. The standard InChI is InChI=1S/C25H13ClF8N4O3/c26-13-2-1-9(27)5-12(13)24(41)20-10(17-11(22(35)39)3-8(4-14(17)28)25(32,33)34)6-15-18(19(20)23(40)36-24)21(31)37-38(15)7-16(29)30/h1-6,16,41H,7H2,(H2,35,39)(H,36,40). The topological polar surface area (TPSA) is 110 Å². The number of aliphatic hydroxyl groups is 1. The lowest BCUT2D eigenvalue weighted by Crippen LogP contribution is -2.41. The number of primary amides is 1. The van der Waals surface area contributed by atoms with Crippen LogP contribution in [0, 0.1) is 17.6 Å². The van der Waals surface area contributed by atoms with Gasteiger partial charge in [0.2, 0.25) is 11.9 Å². The number of nitrogens with zero attached hydrogens (tertiary/aromatic N) is 2. The van der Waals surface area contributed by atoms with Crippen molar-refractivity contribution < 1.29 is 49.8 Å². The second-order valence-electron chi connectivity index (χ2n) is 8.96. The number of rotatable bonds is 5. The minimum Gasteiger partial charge on any atom is -0.366 e. The van der Waals surface area contributed by atoms with Crippen molar-refractivity contribution in [3.63, 3.8) is 0 Å². The number of hydrogen-bond acceptors (Lipinski definition) is 4. The molecule has 3 aromatic carbocycles. The maximum absolute atomic E-state index is 15.6. The molecule has 0 bridgehead atoms. The number of carbonyl (C=O) groups is 2. The lowest BCUT2D eigenvalue weighted by molar-refractivity contribution is -0.137. The van der Waals surface area contributed by atoms with E-state index in [0.717, 1.165) is 18.2 Å². The van der Waals surface area contributed by atoms with Gasteiger partial charge in [-0.1, -0.05) is 11.6 Å². The van der Waals surface area contributed by atoms with Crippen LogP contribution in [0.15, 0.2) is 36.4 Å². The van der Waals surface area contributed by atoms with E-state index in [9.17, 15) is 41.0 Å². The fraction of sp³-hybridized carbons (Fsp3) is 0.160. The Balaban J connectivity index is 1.99. The van der Waals surface area contributed by atoms with Crippen molar-refractivity contribution in [3.8, 4) is 11.1 Å². The first-order valence-corrected chi connectivity index (χ1v) is 11.6. The number of nitrogens with two attached hydrogens (primary N) is 1. The number of nitrogens with one attached hydrogen (secondary N) is 1. The van der Waals surface area contributed by atoms with Crippen molar-refractivity contribution in [2.45, 2.75) is 24.9 Å². The average Bonchev–Trinajstić information content (AvgIpc) is 3.31. The average molecular weight is 605 g/mol. The van der Waals surface area contributed by atoms with Gasteiger partial charge >= 0.3 is 6.18 Å². The maximum atomic E-state index is 15.6. The third-order valence-electron chi connectivity index (χ3n) is 6.46. The van der Waals surface area contributed by atoms with Crippen LogP contribution >= 0.6 is 11.6 Å². The number of alkyl halides is 5. The Bertz CT molecular complexity index is 1790. The van der Waals surface area contributed by atoms with E-state index in [0.29, 0.717) is 10.7 Å². The van der Waals surface area contributed by atoms with Crippen LogP contribution in [0.4, 0.5) is 35.1 Å². The predicted molar refractivity (Wildman–Crippen MR) is 126 cm³/mol. The van der Waals surface area contributed by atoms with Crippen LogP contribution in [-0.2, 0) is 18.4 Å². The SMILES string of the molecule is NC(=O)c1cc(C(F)(F)F)cc(F)c1-c1cc2c(c(F)nn2CC(F)F)c2c1C(O)(c1cc(F)ccc1Cl)NC2=O. The van der Waals surface area contributed by atoms with E-state index in [-0.39, 0.29) is 17.2 Å². The number of benzene rings is 3. The van der Waals surface area contributed by atoms with Crippen LogP contribution in [0.5, 0.6) is 0 Å². The van der Waals surface area contributed by atoms with Gasteiger partial charge in [-0.05, 0) is 42.0 Å². The van der Waals surface area contributed by atoms with Gasteiger partial charge in [0.25, 0.3) is 12.3 Å². The minimum absolute atomic E-state index is 0.00613. The first-order chi connectivity index (χ1) is 19.0. The summed E-state index contributed by atoms with van der Waals surface area (Å²) in [5, 5.41) is 16.1. The van der Waals surface area contributed by atoms with Gasteiger partial charge in [-0.15, -0.1) is 5.10 Å². The second-order valence-corrected chi connectivity index (χ2v) is 9.37. The van der Waals surface area contributed by atoms with Crippen LogP contribution in [0.2, 0.25) is 5.02 Å². The van der Waals surface area contributed by atoms with Crippen molar-refractivity contribution in [3.05, 3.63) is 86.8 Å². The molecule has 0 fully saturated rings. The van der Waals surface area contributed by atoms with Crippen LogP contribution in [-0.4, -0.2) is 33.1 Å². The monoisotopic (exact) mass is 604 g/mol. The Kier molecular flexibility index (Phi) is 6.49. The molecule has 4 aromatic rings. The highest BCUT2D eigenvalue weighted by molar-refractivity contribution is 6.31. The molecule has 1 atom stereocenters. The normalized spacial score (nSPS) is 16.9. The van der Waals surface area contributed by atoms with Crippen molar-refractivity contribution in [1.29, 1.82) is 0 Å². The highest BCUT2D eigenvalue weighted by atomic mass is 35.5. The quantitative estimate of drug-likeness (QED) is 0.276. The van der Waals surface area contributed by atoms with Crippen LogP contribution < -0.4 is 11.1 Å². The molecule has 2 amide bonds. The van der Waals surface area contributed by atoms with Crippen molar-refractivity contribution in [2.24, 2.45) is 5.73 Å². The summed E-state index contributed by atoms with van der Waals surface area (Å²) in [6, 6.07) is 3.46. The zero-order chi connectivity index (χ0) is 30.2. The minimum atomic E-state index is -5.15. The third-order valence-corrected chi connectivity index (χ3v) is 6.79. The number of fused-ring (bicyclic) bond motifs is 3. The first kappa shape index (κ1) is 28.3. The van der Waals surface area contributed by atoms with Gasteiger partial charge in [-0.25, -0.2) is 17.6 Å². The Morgan fingerprint density at radius 1 is 1.12 bits per heavy atom. The zero-order valence-corrected chi connectivity index (χ0v) is 20.6. The fourth-order valence-corrected chi connectivity index (χ4v) is 5.12. The van der Waals surface area contributed by atoms with E-state index >= 15 is 8.78 Å². The van der Waals surface area contributed by atoms with E-state index in [2.05, 4.69) is 10.4 Å². The van der Waals surface area contributed by atoms with Gasteiger partial charge in [-0.3, -0.25) is 14.3 Å². The Morgan fingerprint density at radius 3 is 2.41 bits per heavy atom. The van der Waals surface area contributed by atoms with Gasteiger partial charge in [0.05, 0.1) is 27.6 Å². The van der Waals surface area contributed by atoms with E-state index in [4.69, 9.17) is 17.3 Å². The molecule has 0 aliphatic carbocycles. The number of aromatic nitrogens is 2. The number of carbonyl (C=O) groups excluding carboxylic acids is 2. The molecule has 0 saturated carbocycles. The maximum Gasteiger partial charge on any atom is 0.416 e. The number of amides is 2. The molecule has 5 rings (SSSR count). The fourth-order valence-electron chi connectivity index (χ4n) is 4.87. The van der Waals surface area contributed by atoms with E-state index < -0.39 is 104 Å². The largest absolute Gasteiger partial charge is 0.416 e. The molecule has 214 valence electrons. The van der Waals surface area contributed by atoms with Gasteiger partial charge in [0.15, 0.2) is 5.72 Å². The molecule has 16 heteroatoms. The summed E-state index contributed by atoms with van der Waals surface area (Å²) in [5.41, 5.74) is -4.83. The molecule has 4 N–H and O–H groups in total. The number of hydrogen-bond donors (Lipinski definition) is 3. The van der Waals surface area contributed by atoms with Gasteiger partial charge < -0.3 is 16.2 Å². The van der Waals surface area contributed by atoms with E-state index in [1.807, 2.05) is 0 Å². The Morgan fingerprint density at radius 2 is 1.80 bits per heavy atom. The van der Waals surface area contributed by atoms with Crippen LogP contribution in [0.25, 0.3) is 22.0 Å². The molecular formula is C25H13ClF8N4O3. The molecule has 1 aliphatic heterocycles. The molecule has 7 nitrogen and oxygen atoms in total. The summed E-state index contributed by atoms with van der Waals surface area (Å²) in [5.74, 6) is -7.08. The highest BCUT2D eigenvalue weighted by Crippen LogP contribution is 2.48. The van der Waals surface area contributed by atoms with Gasteiger partial charge in [-0.2, -0.15) is 17.6 Å².